The lowest BCUT2D eigenvalue weighted by Gasteiger charge is -2.23. The molecule has 1 atom stereocenters. The lowest BCUT2D eigenvalue weighted by molar-refractivity contribution is -0.120. The molecule has 7 nitrogen and oxygen atoms in total. The van der Waals surface area contributed by atoms with Crippen molar-refractivity contribution in [2.45, 2.75) is 35.3 Å². The van der Waals surface area contributed by atoms with Crippen molar-refractivity contribution in [3.05, 3.63) is 90.5 Å². The molecule has 33 heavy (non-hydrogen) atoms. The lowest BCUT2D eigenvalue weighted by atomic mass is 10.2. The fraction of sp³-hybridized carbons (Fsp3) is 0.200. The van der Waals surface area contributed by atoms with Crippen LogP contribution in [0.5, 0.6) is 0 Å². The van der Waals surface area contributed by atoms with Crippen LogP contribution in [0.2, 0.25) is 0 Å². The van der Waals surface area contributed by atoms with Crippen LogP contribution in [0.25, 0.3) is 0 Å². The molecule has 0 aliphatic carbocycles. The van der Waals surface area contributed by atoms with E-state index in [1.807, 2.05) is 30.3 Å². The first-order valence-electron chi connectivity index (χ1n) is 10.6. The fourth-order valence-electron chi connectivity index (χ4n) is 3.76. The lowest BCUT2D eigenvalue weighted by Crippen LogP contribution is -2.43. The Labute approximate surface area is 192 Å². The molecule has 1 fully saturated rings. The van der Waals surface area contributed by atoms with Crippen LogP contribution < -0.4 is 5.32 Å². The van der Waals surface area contributed by atoms with Gasteiger partial charge in [-0.15, -0.1) is 0 Å². The van der Waals surface area contributed by atoms with Gasteiger partial charge >= 0.3 is 6.09 Å². The van der Waals surface area contributed by atoms with Crippen molar-refractivity contribution in [2.24, 2.45) is 0 Å². The van der Waals surface area contributed by atoms with Gasteiger partial charge in [0.05, 0.1) is 9.79 Å². The number of likely N-dealkylation sites (tertiary alicyclic amines) is 1. The number of ether oxygens (including phenoxy) is 1. The van der Waals surface area contributed by atoms with E-state index in [2.05, 4.69) is 5.32 Å². The van der Waals surface area contributed by atoms with Gasteiger partial charge < -0.3 is 10.1 Å². The maximum absolute atomic E-state index is 12.9. The van der Waals surface area contributed by atoms with E-state index in [1.165, 1.54) is 29.2 Å². The molecular formula is C25H24N2O5S. The summed E-state index contributed by atoms with van der Waals surface area (Å²) in [6, 6.07) is 22.9. The van der Waals surface area contributed by atoms with E-state index >= 15 is 0 Å². The molecule has 8 heteroatoms. The summed E-state index contributed by atoms with van der Waals surface area (Å²) in [6.45, 7) is 0.554. The summed E-state index contributed by atoms with van der Waals surface area (Å²) in [7, 11) is -3.71. The molecule has 1 N–H and O–H groups in total. The molecule has 0 saturated carbocycles. The predicted octanol–water partition coefficient (Wildman–Crippen LogP) is 4.26. The number of sulfone groups is 1. The number of anilines is 1. The van der Waals surface area contributed by atoms with Crippen LogP contribution in [0.3, 0.4) is 0 Å². The van der Waals surface area contributed by atoms with Crippen LogP contribution in [-0.2, 0) is 26.0 Å². The van der Waals surface area contributed by atoms with E-state index in [-0.39, 0.29) is 22.3 Å². The summed E-state index contributed by atoms with van der Waals surface area (Å²) in [6.07, 6.45) is 0.645. The summed E-state index contributed by atoms with van der Waals surface area (Å²) in [5.41, 5.74) is 1.21. The van der Waals surface area contributed by atoms with Gasteiger partial charge in [-0.05, 0) is 48.7 Å². The minimum Gasteiger partial charge on any atom is -0.445 e. The first-order chi connectivity index (χ1) is 15.9. The molecule has 1 aliphatic rings. The smallest absolute Gasteiger partial charge is 0.410 e. The Morgan fingerprint density at radius 1 is 0.909 bits per heavy atom. The number of hydrogen-bond donors (Lipinski definition) is 1. The Kier molecular flexibility index (Phi) is 6.74. The van der Waals surface area contributed by atoms with Gasteiger partial charge in [-0.25, -0.2) is 13.2 Å². The molecule has 1 aliphatic heterocycles. The van der Waals surface area contributed by atoms with Crippen LogP contribution in [0.15, 0.2) is 94.7 Å². The van der Waals surface area contributed by atoms with Crippen molar-refractivity contribution >= 4 is 27.5 Å². The van der Waals surface area contributed by atoms with Crippen LogP contribution in [0, 0.1) is 0 Å². The quantitative estimate of drug-likeness (QED) is 0.588. The number of rotatable bonds is 6. The monoisotopic (exact) mass is 464 g/mol. The minimum absolute atomic E-state index is 0.0806. The molecule has 1 unspecified atom stereocenters. The molecule has 0 aromatic heterocycles. The third-order valence-electron chi connectivity index (χ3n) is 5.46. The summed E-state index contributed by atoms with van der Waals surface area (Å²) in [5, 5.41) is 2.75. The number of benzene rings is 3. The summed E-state index contributed by atoms with van der Waals surface area (Å²) in [4.78, 5) is 27.2. The van der Waals surface area contributed by atoms with Crippen molar-refractivity contribution in [3.63, 3.8) is 0 Å². The molecule has 1 saturated heterocycles. The predicted molar refractivity (Wildman–Crippen MR) is 123 cm³/mol. The number of nitrogens with one attached hydrogen (secondary N) is 1. The Balaban J connectivity index is 1.43. The molecule has 0 bridgehead atoms. The zero-order valence-electron chi connectivity index (χ0n) is 17.9. The second-order valence-corrected chi connectivity index (χ2v) is 9.67. The largest absolute Gasteiger partial charge is 0.445 e. The number of nitrogens with zero attached hydrogens (tertiary/aromatic N) is 1. The van der Waals surface area contributed by atoms with Crippen molar-refractivity contribution in [1.29, 1.82) is 0 Å². The number of carbonyl (C=O) groups is 2. The average molecular weight is 465 g/mol. The van der Waals surface area contributed by atoms with Crippen LogP contribution >= 0.6 is 0 Å². The minimum atomic E-state index is -3.71. The van der Waals surface area contributed by atoms with Gasteiger partial charge in [0.1, 0.15) is 12.6 Å². The second-order valence-electron chi connectivity index (χ2n) is 7.73. The summed E-state index contributed by atoms with van der Waals surface area (Å²) < 4.78 is 31.1. The Morgan fingerprint density at radius 2 is 1.58 bits per heavy atom. The van der Waals surface area contributed by atoms with E-state index < -0.39 is 22.0 Å². The summed E-state index contributed by atoms with van der Waals surface area (Å²) >= 11 is 0. The first-order valence-corrected chi connectivity index (χ1v) is 12.1. The SMILES string of the molecule is O=C(Nc1cccc(S(=O)(=O)c2ccccc2)c1)C1CCCN1C(=O)OCc1ccccc1. The van der Waals surface area contributed by atoms with Gasteiger partial charge in [0.2, 0.25) is 15.7 Å². The number of amides is 2. The van der Waals surface area contributed by atoms with Gasteiger partial charge in [0, 0.05) is 12.2 Å². The molecule has 0 radical (unpaired) electrons. The number of carbonyl (C=O) groups excluding carboxylic acids is 2. The van der Waals surface area contributed by atoms with Crippen molar-refractivity contribution in [2.75, 3.05) is 11.9 Å². The topological polar surface area (TPSA) is 92.8 Å². The molecule has 3 aromatic rings. The maximum Gasteiger partial charge on any atom is 0.410 e. The standard InChI is InChI=1S/C25H24N2O5S/c28-24(23-15-8-16-27(23)25(29)32-18-19-9-3-1-4-10-19)26-20-11-7-14-22(17-20)33(30,31)21-12-5-2-6-13-21/h1-7,9-14,17,23H,8,15-16,18H2,(H,26,28). The fourth-order valence-corrected chi connectivity index (χ4v) is 5.09. The highest BCUT2D eigenvalue weighted by molar-refractivity contribution is 7.91. The highest BCUT2D eigenvalue weighted by atomic mass is 32.2. The van der Waals surface area contributed by atoms with Crippen LogP contribution in [-0.4, -0.2) is 37.9 Å². The Hall–Kier alpha value is -3.65. The van der Waals surface area contributed by atoms with Gasteiger partial charge in [-0.1, -0.05) is 54.6 Å². The van der Waals surface area contributed by atoms with Gasteiger partial charge in [0.25, 0.3) is 0 Å². The zero-order valence-corrected chi connectivity index (χ0v) is 18.7. The third-order valence-corrected chi connectivity index (χ3v) is 7.23. The van der Waals surface area contributed by atoms with Crippen LogP contribution in [0.1, 0.15) is 18.4 Å². The van der Waals surface area contributed by atoms with Gasteiger partial charge in [-0.2, -0.15) is 0 Å². The molecule has 2 amide bonds. The van der Waals surface area contributed by atoms with E-state index in [1.54, 1.807) is 30.3 Å². The Morgan fingerprint density at radius 3 is 2.30 bits per heavy atom. The second kappa shape index (κ2) is 9.87. The number of hydrogen-bond acceptors (Lipinski definition) is 5. The maximum atomic E-state index is 12.9. The summed E-state index contributed by atoms with van der Waals surface area (Å²) in [5.74, 6) is -0.376. The third kappa shape index (κ3) is 5.23. The molecule has 3 aromatic carbocycles. The van der Waals surface area contributed by atoms with Gasteiger partial charge in [-0.3, -0.25) is 9.69 Å². The average Bonchev–Trinajstić information content (AvgIpc) is 3.34. The van der Waals surface area contributed by atoms with Gasteiger partial charge in [0.15, 0.2) is 0 Å². The van der Waals surface area contributed by atoms with E-state index in [9.17, 15) is 18.0 Å². The van der Waals surface area contributed by atoms with Crippen molar-refractivity contribution in [3.8, 4) is 0 Å². The van der Waals surface area contributed by atoms with Crippen molar-refractivity contribution < 1.29 is 22.7 Å². The first kappa shape index (κ1) is 22.5. The van der Waals surface area contributed by atoms with E-state index in [0.717, 1.165) is 5.56 Å². The highest BCUT2D eigenvalue weighted by Crippen LogP contribution is 2.25. The van der Waals surface area contributed by atoms with Crippen LogP contribution in [0.4, 0.5) is 10.5 Å². The molecule has 0 spiro atoms. The Bertz CT molecular complexity index is 1230. The normalized spacial score (nSPS) is 15.8. The highest BCUT2D eigenvalue weighted by Gasteiger charge is 2.35. The molecule has 1 heterocycles. The van der Waals surface area contributed by atoms with E-state index in [0.29, 0.717) is 25.1 Å². The molecule has 170 valence electrons. The molecule has 4 rings (SSSR count). The van der Waals surface area contributed by atoms with E-state index in [4.69, 9.17) is 4.74 Å². The van der Waals surface area contributed by atoms with Crippen molar-refractivity contribution in [1.82, 2.24) is 4.90 Å². The molecular weight excluding hydrogens is 440 g/mol. The zero-order chi connectivity index (χ0) is 23.3.